The summed E-state index contributed by atoms with van der Waals surface area (Å²) < 4.78 is 66.7. The van der Waals surface area contributed by atoms with Crippen LogP contribution in [0.15, 0.2) is 11.4 Å². The van der Waals surface area contributed by atoms with E-state index in [1.54, 1.807) is 0 Å². The van der Waals surface area contributed by atoms with E-state index >= 15 is 4.39 Å². The molecule has 0 amide bonds. The van der Waals surface area contributed by atoms with Gasteiger partial charge in [-0.1, -0.05) is 33.6 Å². The molecule has 0 radical (unpaired) electrons. The van der Waals surface area contributed by atoms with Crippen LogP contribution in [-0.4, -0.2) is 35.4 Å². The number of aliphatic hydroxyl groups is 1. The maximum absolute atomic E-state index is 16.1. The summed E-state index contributed by atoms with van der Waals surface area (Å²) in [6, 6.07) is 0. The standard InChI is InChI=1S/C29H44F4O3/c1-16(7-6-8-23(34)29(31,32)33)17-9-10-18-24-19(11-13-27(17,18)4)28(5)14-12-22-25(20(28)15-21(24)30)36-26(2,3)35-22/h16-20,22-23,25,34H,6-15H2,1-5H3/t16-,17-,18+,19+,20+,22+,23?,25-,27-,28-/m1/s1. The number of fused-ring (bicyclic) bond motifs is 7. The molecule has 36 heavy (non-hydrogen) atoms. The van der Waals surface area contributed by atoms with Gasteiger partial charge in [-0.2, -0.15) is 13.2 Å². The van der Waals surface area contributed by atoms with Crippen molar-refractivity contribution in [1.82, 2.24) is 0 Å². The first-order chi connectivity index (χ1) is 16.7. The summed E-state index contributed by atoms with van der Waals surface area (Å²) in [5, 5.41) is 9.38. The van der Waals surface area contributed by atoms with Crippen LogP contribution in [0.3, 0.4) is 0 Å². The van der Waals surface area contributed by atoms with Crippen LogP contribution in [0.1, 0.15) is 98.8 Å². The van der Waals surface area contributed by atoms with Gasteiger partial charge >= 0.3 is 6.18 Å². The van der Waals surface area contributed by atoms with Gasteiger partial charge in [-0.05, 0) is 105 Å². The number of aliphatic hydroxyl groups excluding tert-OH is 1. The second-order valence-electron chi connectivity index (χ2n) is 13.7. The predicted molar refractivity (Wildman–Crippen MR) is 130 cm³/mol. The molecule has 5 aliphatic rings. The molecule has 4 aliphatic carbocycles. The highest BCUT2D eigenvalue weighted by Crippen LogP contribution is 2.69. The summed E-state index contributed by atoms with van der Waals surface area (Å²) in [6.45, 7) is 10.7. The highest BCUT2D eigenvalue weighted by Gasteiger charge is 2.63. The molecule has 1 unspecified atom stereocenters. The fraction of sp³-hybridized carbons (Fsp3) is 0.931. The summed E-state index contributed by atoms with van der Waals surface area (Å²) in [7, 11) is 0. The summed E-state index contributed by atoms with van der Waals surface area (Å²) in [5.41, 5.74) is 1.07. The first-order valence-electron chi connectivity index (χ1n) is 14.2. The van der Waals surface area contributed by atoms with Crippen molar-refractivity contribution in [3.8, 4) is 0 Å². The lowest BCUT2D eigenvalue weighted by Gasteiger charge is -2.58. The van der Waals surface area contributed by atoms with E-state index in [-0.39, 0.29) is 59.0 Å². The van der Waals surface area contributed by atoms with Gasteiger partial charge in [-0.15, -0.1) is 0 Å². The number of halogens is 4. The van der Waals surface area contributed by atoms with Crippen molar-refractivity contribution in [1.29, 1.82) is 0 Å². The van der Waals surface area contributed by atoms with Gasteiger partial charge in [0, 0.05) is 6.42 Å². The van der Waals surface area contributed by atoms with E-state index in [1.807, 2.05) is 13.8 Å². The SMILES string of the molecule is C[C@H](CCCC(O)C(F)(F)F)[C@H]1CC[C@H]2C3=C(F)C[C@H]4[C@H]5OC(C)(C)O[C@H]5CC[C@]4(C)[C@H]3CC[C@]12C. The number of rotatable bonds is 5. The normalized spacial score (nSPS) is 45.5. The Morgan fingerprint density at radius 3 is 2.31 bits per heavy atom. The average molecular weight is 517 g/mol. The number of hydrogen-bond acceptors (Lipinski definition) is 3. The van der Waals surface area contributed by atoms with Gasteiger partial charge in [0.25, 0.3) is 0 Å². The van der Waals surface area contributed by atoms with E-state index in [0.29, 0.717) is 25.2 Å². The third-order valence-electron chi connectivity index (χ3n) is 11.3. The van der Waals surface area contributed by atoms with Crippen molar-refractivity contribution < 1.29 is 32.1 Å². The summed E-state index contributed by atoms with van der Waals surface area (Å²) in [6.07, 6.45) is 0.406. The van der Waals surface area contributed by atoms with Gasteiger partial charge in [-0.25, -0.2) is 4.39 Å². The first kappa shape index (κ1) is 26.9. The minimum absolute atomic E-state index is 0.00857. The molecule has 3 saturated carbocycles. The van der Waals surface area contributed by atoms with Crippen molar-refractivity contribution in [2.24, 2.45) is 40.4 Å². The van der Waals surface area contributed by atoms with Crippen LogP contribution >= 0.6 is 0 Å². The average Bonchev–Trinajstić information content (AvgIpc) is 3.29. The van der Waals surface area contributed by atoms with E-state index in [1.165, 1.54) is 0 Å². The lowest BCUT2D eigenvalue weighted by molar-refractivity contribution is -0.205. The molecule has 10 atom stereocenters. The number of hydrogen-bond donors (Lipinski definition) is 1. The van der Waals surface area contributed by atoms with Crippen molar-refractivity contribution in [3.63, 3.8) is 0 Å². The van der Waals surface area contributed by atoms with Crippen LogP contribution in [0, 0.1) is 40.4 Å². The maximum Gasteiger partial charge on any atom is 0.414 e. The molecule has 1 heterocycles. The van der Waals surface area contributed by atoms with Crippen molar-refractivity contribution in [2.75, 3.05) is 0 Å². The van der Waals surface area contributed by atoms with Gasteiger partial charge in [-0.3, -0.25) is 0 Å². The molecule has 4 fully saturated rings. The fourth-order valence-corrected chi connectivity index (χ4v) is 9.52. The van der Waals surface area contributed by atoms with E-state index in [2.05, 4.69) is 20.8 Å². The molecule has 0 aromatic carbocycles. The van der Waals surface area contributed by atoms with Gasteiger partial charge < -0.3 is 14.6 Å². The Labute approximate surface area is 213 Å². The lowest BCUT2D eigenvalue weighted by Crippen LogP contribution is -2.55. The second-order valence-corrected chi connectivity index (χ2v) is 13.7. The zero-order valence-corrected chi connectivity index (χ0v) is 22.5. The summed E-state index contributed by atoms with van der Waals surface area (Å²) in [4.78, 5) is 0. The molecule has 1 aliphatic heterocycles. The summed E-state index contributed by atoms with van der Waals surface area (Å²) >= 11 is 0. The van der Waals surface area contributed by atoms with E-state index < -0.39 is 18.1 Å². The van der Waals surface area contributed by atoms with Crippen LogP contribution in [0.2, 0.25) is 0 Å². The molecule has 0 bridgehead atoms. The Morgan fingerprint density at radius 1 is 0.944 bits per heavy atom. The Balaban J connectivity index is 1.33. The lowest BCUT2D eigenvalue weighted by atomic mass is 9.47. The van der Waals surface area contributed by atoms with Crippen LogP contribution in [0.4, 0.5) is 17.6 Å². The number of alkyl halides is 3. The molecule has 0 spiro atoms. The monoisotopic (exact) mass is 516 g/mol. The molecule has 3 nitrogen and oxygen atoms in total. The highest BCUT2D eigenvalue weighted by molar-refractivity contribution is 5.31. The Hall–Kier alpha value is -0.660. The Morgan fingerprint density at radius 2 is 1.61 bits per heavy atom. The number of ether oxygens (including phenoxy) is 2. The Bertz CT molecular complexity index is 884. The third kappa shape index (κ3) is 4.27. The van der Waals surface area contributed by atoms with Crippen LogP contribution in [-0.2, 0) is 9.47 Å². The smallest absolute Gasteiger partial charge is 0.384 e. The van der Waals surface area contributed by atoms with E-state index in [0.717, 1.165) is 44.1 Å². The zero-order valence-electron chi connectivity index (χ0n) is 22.5. The van der Waals surface area contributed by atoms with Gasteiger partial charge in [0.05, 0.1) is 12.2 Å². The maximum atomic E-state index is 16.1. The second kappa shape index (κ2) is 8.94. The minimum atomic E-state index is -4.55. The highest BCUT2D eigenvalue weighted by atomic mass is 19.4. The van der Waals surface area contributed by atoms with Crippen molar-refractivity contribution >= 4 is 0 Å². The molecule has 1 saturated heterocycles. The molecule has 206 valence electrons. The number of allylic oxidation sites excluding steroid dienone is 2. The van der Waals surface area contributed by atoms with Gasteiger partial charge in [0.1, 0.15) is 11.9 Å². The third-order valence-corrected chi connectivity index (χ3v) is 11.3. The molecule has 0 aromatic heterocycles. The molecule has 0 aromatic rings. The van der Waals surface area contributed by atoms with Crippen LogP contribution in [0.5, 0.6) is 0 Å². The quantitative estimate of drug-likeness (QED) is 0.380. The van der Waals surface area contributed by atoms with E-state index in [9.17, 15) is 18.3 Å². The van der Waals surface area contributed by atoms with Crippen LogP contribution in [0.25, 0.3) is 0 Å². The molecule has 7 heteroatoms. The largest absolute Gasteiger partial charge is 0.414 e. The van der Waals surface area contributed by atoms with Crippen molar-refractivity contribution in [3.05, 3.63) is 11.4 Å². The first-order valence-corrected chi connectivity index (χ1v) is 14.2. The molecule has 1 N–H and O–H groups in total. The zero-order chi connectivity index (χ0) is 26.3. The van der Waals surface area contributed by atoms with Crippen molar-refractivity contribution in [2.45, 2.75) is 129 Å². The topological polar surface area (TPSA) is 38.7 Å². The fourth-order valence-electron chi connectivity index (χ4n) is 9.52. The molecule has 5 rings (SSSR count). The Kier molecular flexibility index (Phi) is 6.69. The van der Waals surface area contributed by atoms with Crippen LogP contribution < -0.4 is 0 Å². The van der Waals surface area contributed by atoms with E-state index in [4.69, 9.17) is 9.47 Å². The minimum Gasteiger partial charge on any atom is -0.384 e. The molecular formula is C29H44F4O3. The van der Waals surface area contributed by atoms with Gasteiger partial charge in [0.15, 0.2) is 5.79 Å². The molecular weight excluding hydrogens is 472 g/mol. The predicted octanol–water partition coefficient (Wildman–Crippen LogP) is 7.72. The summed E-state index contributed by atoms with van der Waals surface area (Å²) in [5.74, 6) is 0.684. The van der Waals surface area contributed by atoms with Gasteiger partial charge in [0.2, 0.25) is 0 Å².